The van der Waals surface area contributed by atoms with Gasteiger partial charge in [-0.2, -0.15) is 0 Å². The van der Waals surface area contributed by atoms with Crippen LogP contribution < -0.4 is 0 Å². The van der Waals surface area contributed by atoms with Gasteiger partial charge in [-0.05, 0) is 36.5 Å². The molecule has 0 spiro atoms. The Hall–Kier alpha value is -1.68. The van der Waals surface area contributed by atoms with E-state index in [0.29, 0.717) is 10.3 Å². The summed E-state index contributed by atoms with van der Waals surface area (Å²) in [6.45, 7) is 0. The number of nitrogens with one attached hydrogen (secondary N) is 1. The first-order valence-electron chi connectivity index (χ1n) is 4.13. The number of benzene rings is 1. The van der Waals surface area contributed by atoms with Crippen molar-refractivity contribution in [3.63, 3.8) is 0 Å². The van der Waals surface area contributed by atoms with Crippen molar-refractivity contribution in [2.45, 2.75) is 0 Å². The van der Waals surface area contributed by atoms with E-state index in [2.05, 4.69) is 4.98 Å². The van der Waals surface area contributed by atoms with E-state index < -0.39 is 0 Å². The summed E-state index contributed by atoms with van der Waals surface area (Å²) >= 11 is 5.07. The van der Waals surface area contributed by atoms with Crippen LogP contribution in [0, 0.1) is 4.77 Å². The smallest absolute Gasteiger partial charge is 0.181 e. The lowest BCUT2D eigenvalue weighted by Gasteiger charge is -2.01. The van der Waals surface area contributed by atoms with Crippen LogP contribution in [0.1, 0.15) is 10.4 Å². The summed E-state index contributed by atoms with van der Waals surface area (Å²) in [7, 11) is 0. The molecule has 1 N–H and O–H groups in total. The first kappa shape index (κ1) is 8.90. The van der Waals surface area contributed by atoms with Crippen LogP contribution in [-0.2, 0) is 0 Å². The number of aldehydes is 1. The Morgan fingerprint density at radius 3 is 2.50 bits per heavy atom. The van der Waals surface area contributed by atoms with Gasteiger partial charge in [0.25, 0.3) is 0 Å². The van der Waals surface area contributed by atoms with Crippen molar-refractivity contribution in [3.05, 3.63) is 47.0 Å². The summed E-state index contributed by atoms with van der Waals surface area (Å²) in [6.07, 6.45) is 4.44. The van der Waals surface area contributed by atoms with Crippen LogP contribution in [0.2, 0.25) is 0 Å². The number of rotatable bonds is 2. The van der Waals surface area contributed by atoms with Gasteiger partial charge in [-0.1, -0.05) is 0 Å². The third-order valence-electron chi connectivity index (χ3n) is 1.96. The van der Waals surface area contributed by atoms with E-state index in [1.165, 1.54) is 0 Å². The molecule has 1 aromatic heterocycles. The molecule has 0 saturated carbocycles. The number of aromatic nitrogens is 2. The van der Waals surface area contributed by atoms with Crippen LogP contribution in [-0.4, -0.2) is 15.8 Å². The summed E-state index contributed by atoms with van der Waals surface area (Å²) in [5, 5.41) is 0. The molecule has 0 radical (unpaired) electrons. The molecule has 2 aromatic rings. The summed E-state index contributed by atoms with van der Waals surface area (Å²) in [5.41, 5.74) is 1.61. The fourth-order valence-corrected chi connectivity index (χ4v) is 1.47. The Morgan fingerprint density at radius 1 is 1.29 bits per heavy atom. The summed E-state index contributed by atoms with van der Waals surface area (Å²) < 4.78 is 2.48. The zero-order chi connectivity index (χ0) is 9.97. The lowest BCUT2D eigenvalue weighted by Crippen LogP contribution is -1.92. The molecule has 14 heavy (non-hydrogen) atoms. The maximum absolute atomic E-state index is 10.4. The normalized spacial score (nSPS) is 10.0. The van der Waals surface area contributed by atoms with Crippen LogP contribution in [0.4, 0.5) is 0 Å². The highest BCUT2D eigenvalue weighted by molar-refractivity contribution is 7.71. The van der Waals surface area contributed by atoms with Crippen LogP contribution >= 0.6 is 12.2 Å². The number of hydrogen-bond donors (Lipinski definition) is 1. The van der Waals surface area contributed by atoms with E-state index in [0.717, 1.165) is 12.0 Å². The molecule has 3 nitrogen and oxygen atoms in total. The SMILES string of the molecule is O=Cc1ccc(-n2cc[nH]c2=S)cc1. The van der Waals surface area contributed by atoms with E-state index in [1.54, 1.807) is 18.3 Å². The van der Waals surface area contributed by atoms with Gasteiger partial charge in [0.05, 0.1) is 0 Å². The zero-order valence-corrected chi connectivity index (χ0v) is 8.12. The van der Waals surface area contributed by atoms with Gasteiger partial charge in [-0.25, -0.2) is 0 Å². The highest BCUT2D eigenvalue weighted by Gasteiger charge is 1.96. The first-order chi connectivity index (χ1) is 6.81. The second kappa shape index (κ2) is 3.59. The van der Waals surface area contributed by atoms with Crippen LogP contribution in [0.3, 0.4) is 0 Å². The molecule has 4 heteroatoms. The second-order valence-corrected chi connectivity index (χ2v) is 3.23. The van der Waals surface area contributed by atoms with Gasteiger partial charge in [0.1, 0.15) is 6.29 Å². The monoisotopic (exact) mass is 204 g/mol. The standard InChI is InChI=1S/C10H8N2OS/c13-7-8-1-3-9(4-2-8)12-6-5-11-10(12)14/h1-7H,(H,11,14). The Labute approximate surface area is 86.0 Å². The van der Waals surface area contributed by atoms with E-state index in [1.807, 2.05) is 22.9 Å². The predicted molar refractivity (Wildman–Crippen MR) is 56.3 cm³/mol. The van der Waals surface area contributed by atoms with Gasteiger partial charge in [-0.3, -0.25) is 9.36 Å². The molecule has 0 bridgehead atoms. The van der Waals surface area contributed by atoms with Gasteiger partial charge in [-0.15, -0.1) is 0 Å². The summed E-state index contributed by atoms with van der Waals surface area (Å²) in [4.78, 5) is 13.3. The maximum atomic E-state index is 10.4. The van der Waals surface area contributed by atoms with E-state index >= 15 is 0 Å². The van der Waals surface area contributed by atoms with Gasteiger partial charge in [0.2, 0.25) is 0 Å². The minimum atomic E-state index is 0.642. The van der Waals surface area contributed by atoms with Crippen molar-refractivity contribution in [1.29, 1.82) is 0 Å². The van der Waals surface area contributed by atoms with E-state index in [-0.39, 0.29) is 0 Å². The molecule has 0 saturated heterocycles. The van der Waals surface area contributed by atoms with Crippen molar-refractivity contribution in [1.82, 2.24) is 9.55 Å². The Kier molecular flexibility index (Phi) is 2.28. The number of nitrogens with zero attached hydrogens (tertiary/aromatic N) is 1. The van der Waals surface area contributed by atoms with Crippen molar-refractivity contribution in [3.8, 4) is 5.69 Å². The van der Waals surface area contributed by atoms with Crippen molar-refractivity contribution in [2.24, 2.45) is 0 Å². The van der Waals surface area contributed by atoms with Gasteiger partial charge in [0, 0.05) is 23.6 Å². The number of H-pyrrole nitrogens is 1. The molecule has 0 unspecified atom stereocenters. The molecule has 1 aromatic carbocycles. The molecule has 0 aliphatic carbocycles. The van der Waals surface area contributed by atoms with Crippen LogP contribution in [0.25, 0.3) is 5.69 Å². The largest absolute Gasteiger partial charge is 0.337 e. The third-order valence-corrected chi connectivity index (χ3v) is 2.27. The van der Waals surface area contributed by atoms with E-state index in [4.69, 9.17) is 12.2 Å². The molecule has 1 heterocycles. The Bertz CT molecular complexity index is 495. The highest BCUT2D eigenvalue weighted by atomic mass is 32.1. The minimum Gasteiger partial charge on any atom is -0.337 e. The minimum absolute atomic E-state index is 0.642. The molecule has 0 aliphatic heterocycles. The quantitative estimate of drug-likeness (QED) is 0.602. The van der Waals surface area contributed by atoms with Crippen molar-refractivity contribution < 1.29 is 4.79 Å². The number of carbonyl (C=O) groups excluding carboxylic acids is 1. The van der Waals surface area contributed by atoms with E-state index in [9.17, 15) is 4.79 Å². The van der Waals surface area contributed by atoms with Gasteiger partial charge < -0.3 is 4.98 Å². The number of hydrogen-bond acceptors (Lipinski definition) is 2. The number of aromatic amines is 1. The van der Waals surface area contributed by atoms with Gasteiger partial charge >= 0.3 is 0 Å². The number of imidazole rings is 1. The Balaban J connectivity index is 2.48. The maximum Gasteiger partial charge on any atom is 0.181 e. The highest BCUT2D eigenvalue weighted by Crippen LogP contribution is 2.08. The van der Waals surface area contributed by atoms with Crippen LogP contribution in [0.15, 0.2) is 36.7 Å². The zero-order valence-electron chi connectivity index (χ0n) is 7.31. The molecule has 70 valence electrons. The first-order valence-corrected chi connectivity index (χ1v) is 4.54. The second-order valence-electron chi connectivity index (χ2n) is 2.84. The fraction of sp³-hybridized carbons (Fsp3) is 0. The van der Waals surface area contributed by atoms with Crippen molar-refractivity contribution in [2.75, 3.05) is 0 Å². The summed E-state index contributed by atoms with van der Waals surface area (Å²) in [6, 6.07) is 7.23. The molecular weight excluding hydrogens is 196 g/mol. The molecule has 2 rings (SSSR count). The summed E-state index contributed by atoms with van der Waals surface area (Å²) in [5.74, 6) is 0. The van der Waals surface area contributed by atoms with Gasteiger partial charge in [0.15, 0.2) is 4.77 Å². The Morgan fingerprint density at radius 2 is 2.00 bits per heavy atom. The average molecular weight is 204 g/mol. The van der Waals surface area contributed by atoms with Crippen LogP contribution in [0.5, 0.6) is 0 Å². The average Bonchev–Trinajstić information content (AvgIpc) is 2.65. The molecule has 0 atom stereocenters. The third kappa shape index (κ3) is 1.52. The van der Waals surface area contributed by atoms with Crippen molar-refractivity contribution >= 4 is 18.5 Å². The lowest BCUT2D eigenvalue weighted by molar-refractivity contribution is 0.112. The molecule has 0 amide bonds. The fourth-order valence-electron chi connectivity index (χ4n) is 1.24. The molecular formula is C10H8N2OS. The molecule has 0 fully saturated rings. The number of carbonyl (C=O) groups is 1. The topological polar surface area (TPSA) is 37.8 Å². The lowest BCUT2D eigenvalue weighted by atomic mass is 10.2. The molecule has 0 aliphatic rings. The predicted octanol–water partition coefficient (Wildman–Crippen LogP) is 2.35.